The van der Waals surface area contributed by atoms with Crippen molar-refractivity contribution in [2.45, 2.75) is 58.4 Å². The van der Waals surface area contributed by atoms with Crippen molar-refractivity contribution >= 4 is 11.7 Å². The quantitative estimate of drug-likeness (QED) is 0.832. The zero-order chi connectivity index (χ0) is 15.1. The molecule has 0 saturated heterocycles. The van der Waals surface area contributed by atoms with Crippen LogP contribution in [0.1, 0.15) is 62.7 Å². The highest BCUT2D eigenvalue weighted by molar-refractivity contribution is 5.94. The Bertz CT molecular complexity index is 432. The first-order valence-corrected chi connectivity index (χ1v) is 8.26. The van der Waals surface area contributed by atoms with Crippen molar-refractivity contribution in [1.29, 1.82) is 0 Å². The molecule has 1 amide bonds. The lowest BCUT2D eigenvalue weighted by atomic mass is 10.2. The lowest BCUT2D eigenvalue weighted by Gasteiger charge is -2.21. The molecule has 4 heteroatoms. The predicted molar refractivity (Wildman–Crippen MR) is 86.6 cm³/mol. The van der Waals surface area contributed by atoms with Crippen molar-refractivity contribution in [3.05, 3.63) is 23.9 Å². The average molecular weight is 289 g/mol. The van der Waals surface area contributed by atoms with Gasteiger partial charge >= 0.3 is 0 Å². The van der Waals surface area contributed by atoms with Gasteiger partial charge < -0.3 is 10.2 Å². The second-order valence-corrected chi connectivity index (χ2v) is 5.85. The van der Waals surface area contributed by atoms with E-state index in [4.69, 9.17) is 0 Å². The van der Waals surface area contributed by atoms with Crippen LogP contribution in [-0.4, -0.2) is 34.9 Å². The summed E-state index contributed by atoms with van der Waals surface area (Å²) in [7, 11) is 0. The maximum Gasteiger partial charge on any atom is 0.255 e. The molecule has 116 valence electrons. The highest BCUT2D eigenvalue weighted by atomic mass is 16.2. The largest absolute Gasteiger partial charge is 0.367 e. The molecule has 21 heavy (non-hydrogen) atoms. The van der Waals surface area contributed by atoms with Crippen molar-refractivity contribution in [1.82, 2.24) is 9.88 Å². The molecule has 0 aromatic carbocycles. The summed E-state index contributed by atoms with van der Waals surface area (Å²) in [6.45, 7) is 5.83. The highest BCUT2D eigenvalue weighted by Gasteiger charge is 2.17. The van der Waals surface area contributed by atoms with Crippen LogP contribution in [0.5, 0.6) is 0 Å². The smallest absolute Gasteiger partial charge is 0.255 e. The molecule has 0 atom stereocenters. The minimum absolute atomic E-state index is 0.0959. The topological polar surface area (TPSA) is 45.2 Å². The number of carbonyl (C=O) groups is 1. The summed E-state index contributed by atoms with van der Waals surface area (Å²) in [5.41, 5.74) is 0.689. The Kier molecular flexibility index (Phi) is 6.03. The van der Waals surface area contributed by atoms with Gasteiger partial charge in [-0.2, -0.15) is 0 Å². The Balaban J connectivity index is 1.97. The number of amides is 1. The van der Waals surface area contributed by atoms with Crippen molar-refractivity contribution in [2.75, 3.05) is 18.4 Å². The Hall–Kier alpha value is -1.58. The van der Waals surface area contributed by atoms with Crippen LogP contribution >= 0.6 is 0 Å². The zero-order valence-corrected chi connectivity index (χ0v) is 13.3. The second kappa shape index (κ2) is 8.01. The SMILES string of the molecule is CCCN(CCC)C(=O)c1ccc(NC2CCCC2)nc1. The van der Waals surface area contributed by atoms with Crippen LogP contribution in [0.15, 0.2) is 18.3 Å². The van der Waals surface area contributed by atoms with Crippen molar-refractivity contribution in [3.63, 3.8) is 0 Å². The van der Waals surface area contributed by atoms with Crippen molar-refractivity contribution < 1.29 is 4.79 Å². The first-order valence-electron chi connectivity index (χ1n) is 8.26. The molecule has 1 saturated carbocycles. The normalized spacial score (nSPS) is 15.1. The Morgan fingerprint density at radius 1 is 1.24 bits per heavy atom. The fourth-order valence-corrected chi connectivity index (χ4v) is 2.92. The van der Waals surface area contributed by atoms with E-state index in [0.717, 1.165) is 31.7 Å². The van der Waals surface area contributed by atoms with E-state index in [-0.39, 0.29) is 5.91 Å². The molecule has 1 fully saturated rings. The van der Waals surface area contributed by atoms with Gasteiger partial charge in [-0.3, -0.25) is 4.79 Å². The minimum atomic E-state index is 0.0959. The highest BCUT2D eigenvalue weighted by Crippen LogP contribution is 2.21. The first kappa shape index (κ1) is 15.8. The van der Waals surface area contributed by atoms with Gasteiger partial charge in [-0.15, -0.1) is 0 Å². The molecule has 0 bridgehead atoms. The van der Waals surface area contributed by atoms with Gasteiger partial charge in [0.25, 0.3) is 5.91 Å². The summed E-state index contributed by atoms with van der Waals surface area (Å²) >= 11 is 0. The molecule has 0 unspecified atom stereocenters. The van der Waals surface area contributed by atoms with E-state index in [1.165, 1.54) is 25.7 Å². The summed E-state index contributed by atoms with van der Waals surface area (Å²) in [6.07, 6.45) is 8.74. The van der Waals surface area contributed by atoms with Gasteiger partial charge in [-0.1, -0.05) is 26.7 Å². The third kappa shape index (κ3) is 4.45. The second-order valence-electron chi connectivity index (χ2n) is 5.85. The van der Waals surface area contributed by atoms with Crippen LogP contribution in [-0.2, 0) is 0 Å². The Morgan fingerprint density at radius 2 is 1.90 bits per heavy atom. The number of aromatic nitrogens is 1. The molecule has 0 aliphatic heterocycles. The minimum Gasteiger partial charge on any atom is -0.367 e. The number of hydrogen-bond donors (Lipinski definition) is 1. The summed E-state index contributed by atoms with van der Waals surface area (Å²) in [4.78, 5) is 18.8. The number of pyridine rings is 1. The summed E-state index contributed by atoms with van der Waals surface area (Å²) in [5.74, 6) is 0.981. The van der Waals surface area contributed by atoms with Crippen molar-refractivity contribution in [2.24, 2.45) is 0 Å². The summed E-state index contributed by atoms with van der Waals surface area (Å²) in [6, 6.07) is 4.38. The Morgan fingerprint density at radius 3 is 2.43 bits per heavy atom. The van der Waals surface area contributed by atoms with Crippen LogP contribution in [0.2, 0.25) is 0 Å². The average Bonchev–Trinajstić information content (AvgIpc) is 3.00. The fourth-order valence-electron chi connectivity index (χ4n) is 2.92. The van der Waals surface area contributed by atoms with E-state index >= 15 is 0 Å². The van der Waals surface area contributed by atoms with Crippen LogP contribution in [0.3, 0.4) is 0 Å². The molecule has 0 radical (unpaired) electrons. The number of rotatable bonds is 7. The van der Waals surface area contributed by atoms with E-state index in [9.17, 15) is 4.79 Å². The molecular weight excluding hydrogens is 262 g/mol. The fraction of sp³-hybridized carbons (Fsp3) is 0.647. The molecular formula is C17H27N3O. The van der Waals surface area contributed by atoms with E-state index in [2.05, 4.69) is 24.1 Å². The number of carbonyl (C=O) groups excluding carboxylic acids is 1. The van der Waals surface area contributed by atoms with E-state index in [1.807, 2.05) is 17.0 Å². The molecule has 2 rings (SSSR count). The van der Waals surface area contributed by atoms with Gasteiger partial charge in [-0.25, -0.2) is 4.98 Å². The van der Waals surface area contributed by atoms with Crippen LogP contribution in [0.25, 0.3) is 0 Å². The summed E-state index contributed by atoms with van der Waals surface area (Å²) < 4.78 is 0. The maximum absolute atomic E-state index is 12.4. The van der Waals surface area contributed by atoms with E-state index in [0.29, 0.717) is 11.6 Å². The van der Waals surface area contributed by atoms with E-state index in [1.54, 1.807) is 6.20 Å². The molecule has 1 aromatic heterocycles. The van der Waals surface area contributed by atoms with Gasteiger partial charge in [-0.05, 0) is 37.8 Å². The lowest BCUT2D eigenvalue weighted by Crippen LogP contribution is -2.32. The molecule has 1 N–H and O–H groups in total. The molecule has 4 nitrogen and oxygen atoms in total. The monoisotopic (exact) mass is 289 g/mol. The van der Waals surface area contributed by atoms with Crippen LogP contribution in [0, 0.1) is 0 Å². The van der Waals surface area contributed by atoms with Crippen LogP contribution < -0.4 is 5.32 Å². The number of nitrogens with zero attached hydrogens (tertiary/aromatic N) is 2. The first-order chi connectivity index (χ1) is 10.2. The zero-order valence-electron chi connectivity index (χ0n) is 13.3. The van der Waals surface area contributed by atoms with Crippen LogP contribution in [0.4, 0.5) is 5.82 Å². The van der Waals surface area contributed by atoms with Gasteiger partial charge in [0, 0.05) is 25.3 Å². The number of hydrogen-bond acceptors (Lipinski definition) is 3. The number of nitrogens with one attached hydrogen (secondary N) is 1. The number of anilines is 1. The maximum atomic E-state index is 12.4. The molecule has 1 aliphatic carbocycles. The van der Waals surface area contributed by atoms with Crippen molar-refractivity contribution in [3.8, 4) is 0 Å². The molecule has 1 aliphatic rings. The Labute approximate surface area is 127 Å². The van der Waals surface area contributed by atoms with Gasteiger partial charge in [0.15, 0.2) is 0 Å². The summed E-state index contributed by atoms with van der Waals surface area (Å²) in [5, 5.41) is 3.45. The lowest BCUT2D eigenvalue weighted by molar-refractivity contribution is 0.0755. The van der Waals surface area contributed by atoms with Gasteiger partial charge in [0.2, 0.25) is 0 Å². The van der Waals surface area contributed by atoms with Gasteiger partial charge in [0.1, 0.15) is 5.82 Å². The molecule has 1 heterocycles. The predicted octanol–water partition coefficient (Wildman–Crippen LogP) is 3.70. The third-order valence-electron chi connectivity index (χ3n) is 3.99. The van der Waals surface area contributed by atoms with Gasteiger partial charge in [0.05, 0.1) is 5.56 Å². The molecule has 1 aromatic rings. The molecule has 0 spiro atoms. The van der Waals surface area contributed by atoms with E-state index < -0.39 is 0 Å². The third-order valence-corrected chi connectivity index (χ3v) is 3.99. The standard InChI is InChI=1S/C17H27N3O/c1-3-11-20(12-4-2)17(21)14-9-10-16(18-13-14)19-15-7-5-6-8-15/h9-10,13,15H,3-8,11-12H2,1-2H3,(H,18,19).